The maximum absolute atomic E-state index is 10.4. The van der Waals surface area contributed by atoms with E-state index in [-0.39, 0.29) is 6.61 Å². The lowest BCUT2D eigenvalue weighted by atomic mass is 10.4. The first-order valence-corrected chi connectivity index (χ1v) is 4.73. The van der Waals surface area contributed by atoms with E-state index >= 15 is 0 Å². The van der Waals surface area contributed by atoms with Gasteiger partial charge >= 0.3 is 0 Å². The summed E-state index contributed by atoms with van der Waals surface area (Å²) in [6.07, 6.45) is 3.53. The molecular formula is C9H16N4O2. The molecule has 0 unspecified atom stereocenters. The number of amides is 1. The van der Waals surface area contributed by atoms with Crippen molar-refractivity contribution in [3.05, 3.63) is 18.2 Å². The van der Waals surface area contributed by atoms with Crippen molar-refractivity contribution in [3.63, 3.8) is 0 Å². The first-order chi connectivity index (χ1) is 7.24. The Morgan fingerprint density at radius 2 is 2.53 bits per heavy atom. The van der Waals surface area contributed by atoms with Gasteiger partial charge in [0.25, 0.3) is 0 Å². The van der Waals surface area contributed by atoms with Crippen molar-refractivity contribution in [2.75, 3.05) is 20.3 Å². The van der Waals surface area contributed by atoms with E-state index in [1.54, 1.807) is 12.5 Å². The average molecular weight is 212 g/mol. The summed E-state index contributed by atoms with van der Waals surface area (Å²) in [5.41, 5.74) is 6.02. The van der Waals surface area contributed by atoms with Crippen LogP contribution in [-0.4, -0.2) is 35.7 Å². The molecule has 1 heterocycles. The van der Waals surface area contributed by atoms with Crippen LogP contribution in [0, 0.1) is 0 Å². The van der Waals surface area contributed by atoms with Gasteiger partial charge in [0.15, 0.2) is 0 Å². The zero-order chi connectivity index (χ0) is 11.1. The molecule has 0 atom stereocenters. The molecule has 1 rings (SSSR count). The Morgan fingerprint density at radius 3 is 3.20 bits per heavy atom. The van der Waals surface area contributed by atoms with Crippen LogP contribution >= 0.6 is 0 Å². The smallest absolute Gasteiger partial charge is 0.243 e. The lowest BCUT2D eigenvalue weighted by Gasteiger charge is -2.07. The molecule has 0 radical (unpaired) electrons. The molecule has 1 aromatic heterocycles. The second-order valence-electron chi connectivity index (χ2n) is 3.13. The van der Waals surface area contributed by atoms with Crippen molar-refractivity contribution in [1.82, 2.24) is 14.9 Å². The number of rotatable bonds is 7. The normalized spacial score (nSPS) is 10.5. The molecule has 0 aromatic carbocycles. The predicted molar refractivity (Wildman–Crippen MR) is 55.0 cm³/mol. The van der Waals surface area contributed by atoms with Crippen LogP contribution in [0.2, 0.25) is 0 Å². The lowest BCUT2D eigenvalue weighted by molar-refractivity contribution is -0.122. The van der Waals surface area contributed by atoms with E-state index in [9.17, 15) is 4.79 Å². The number of carbonyl (C=O) groups is 1. The summed E-state index contributed by atoms with van der Waals surface area (Å²) in [7, 11) is 1.88. The molecule has 0 spiro atoms. The number of hydrogen-bond acceptors (Lipinski definition) is 4. The third-order valence-electron chi connectivity index (χ3n) is 1.88. The molecule has 15 heavy (non-hydrogen) atoms. The standard InChI is InChI=1S/C9H16N4O2/c1-11-4-8-5-12-7-13(8)2-3-15-6-9(10)14/h5,7,11H,2-4,6H2,1H3,(H2,10,14). The minimum absolute atomic E-state index is 0.0317. The zero-order valence-corrected chi connectivity index (χ0v) is 8.77. The second kappa shape index (κ2) is 6.15. The number of imidazole rings is 1. The van der Waals surface area contributed by atoms with Crippen molar-refractivity contribution in [2.45, 2.75) is 13.1 Å². The van der Waals surface area contributed by atoms with Gasteiger partial charge in [0.2, 0.25) is 5.91 Å². The molecule has 0 saturated carbocycles. The van der Waals surface area contributed by atoms with Crippen molar-refractivity contribution in [2.24, 2.45) is 5.73 Å². The van der Waals surface area contributed by atoms with Gasteiger partial charge < -0.3 is 20.4 Å². The van der Waals surface area contributed by atoms with Crippen LogP contribution in [0.5, 0.6) is 0 Å². The number of hydrogen-bond donors (Lipinski definition) is 2. The third kappa shape index (κ3) is 4.09. The van der Waals surface area contributed by atoms with Crippen molar-refractivity contribution >= 4 is 5.91 Å². The minimum atomic E-state index is -0.448. The second-order valence-corrected chi connectivity index (χ2v) is 3.13. The lowest BCUT2D eigenvalue weighted by Crippen LogP contribution is -2.20. The first kappa shape index (κ1) is 11.7. The zero-order valence-electron chi connectivity index (χ0n) is 8.77. The van der Waals surface area contributed by atoms with Gasteiger partial charge in [-0.2, -0.15) is 0 Å². The highest BCUT2D eigenvalue weighted by atomic mass is 16.5. The minimum Gasteiger partial charge on any atom is -0.370 e. The van der Waals surface area contributed by atoms with Crippen molar-refractivity contribution < 1.29 is 9.53 Å². The molecule has 1 aromatic rings. The topological polar surface area (TPSA) is 82.2 Å². The molecular weight excluding hydrogens is 196 g/mol. The van der Waals surface area contributed by atoms with Gasteiger partial charge in [-0.3, -0.25) is 4.79 Å². The highest BCUT2D eigenvalue weighted by Crippen LogP contribution is 1.98. The summed E-state index contributed by atoms with van der Waals surface area (Å²) in [6, 6.07) is 0. The fourth-order valence-corrected chi connectivity index (χ4v) is 1.21. The van der Waals surface area contributed by atoms with E-state index in [0.717, 1.165) is 12.2 Å². The van der Waals surface area contributed by atoms with Gasteiger partial charge in [0.05, 0.1) is 18.6 Å². The number of nitrogens with one attached hydrogen (secondary N) is 1. The number of nitrogens with two attached hydrogens (primary N) is 1. The van der Waals surface area contributed by atoms with E-state index in [1.165, 1.54) is 0 Å². The van der Waals surface area contributed by atoms with Crippen molar-refractivity contribution in [3.8, 4) is 0 Å². The molecule has 0 bridgehead atoms. The van der Waals surface area contributed by atoms with Crippen LogP contribution in [0.1, 0.15) is 5.69 Å². The molecule has 0 aliphatic heterocycles. The van der Waals surface area contributed by atoms with E-state index in [2.05, 4.69) is 10.3 Å². The molecule has 3 N–H and O–H groups in total. The summed E-state index contributed by atoms with van der Waals surface area (Å²) >= 11 is 0. The fourth-order valence-electron chi connectivity index (χ4n) is 1.21. The summed E-state index contributed by atoms with van der Waals surface area (Å²) < 4.78 is 7.03. The van der Waals surface area contributed by atoms with Crippen LogP contribution in [-0.2, 0) is 22.6 Å². The fraction of sp³-hybridized carbons (Fsp3) is 0.556. The Morgan fingerprint density at radius 1 is 1.73 bits per heavy atom. The van der Waals surface area contributed by atoms with Crippen LogP contribution in [0.25, 0.3) is 0 Å². The average Bonchev–Trinajstić information content (AvgIpc) is 2.61. The Hall–Kier alpha value is -1.40. The molecule has 6 nitrogen and oxygen atoms in total. The van der Waals surface area contributed by atoms with Crippen molar-refractivity contribution in [1.29, 1.82) is 0 Å². The maximum atomic E-state index is 10.4. The SMILES string of the molecule is CNCc1cncn1CCOCC(N)=O. The summed E-state index contributed by atoms with van der Waals surface area (Å²) in [4.78, 5) is 14.4. The monoisotopic (exact) mass is 212 g/mol. The van der Waals surface area contributed by atoms with Gasteiger partial charge in [-0.05, 0) is 7.05 Å². The van der Waals surface area contributed by atoms with Gasteiger partial charge in [-0.25, -0.2) is 4.98 Å². The van der Waals surface area contributed by atoms with Gasteiger partial charge in [0, 0.05) is 19.3 Å². The first-order valence-electron chi connectivity index (χ1n) is 4.73. The van der Waals surface area contributed by atoms with E-state index < -0.39 is 5.91 Å². The summed E-state index contributed by atoms with van der Waals surface area (Å²) in [5.74, 6) is -0.448. The van der Waals surface area contributed by atoms with Crippen LogP contribution in [0.15, 0.2) is 12.5 Å². The van der Waals surface area contributed by atoms with E-state index in [4.69, 9.17) is 10.5 Å². The Bertz CT molecular complexity index is 311. The highest BCUT2D eigenvalue weighted by molar-refractivity contribution is 5.74. The quantitative estimate of drug-likeness (QED) is 0.574. The number of ether oxygens (including phenoxy) is 1. The maximum Gasteiger partial charge on any atom is 0.243 e. The molecule has 0 saturated heterocycles. The molecule has 6 heteroatoms. The molecule has 1 amide bonds. The predicted octanol–water partition coefficient (Wildman–Crippen LogP) is -0.896. The van der Waals surface area contributed by atoms with Crippen LogP contribution < -0.4 is 11.1 Å². The largest absolute Gasteiger partial charge is 0.370 e. The highest BCUT2D eigenvalue weighted by Gasteiger charge is 2.00. The van der Waals surface area contributed by atoms with E-state index in [1.807, 2.05) is 11.6 Å². The Kier molecular flexibility index (Phi) is 4.79. The molecule has 84 valence electrons. The van der Waals surface area contributed by atoms with Gasteiger partial charge in [-0.15, -0.1) is 0 Å². The van der Waals surface area contributed by atoms with Crippen LogP contribution in [0.4, 0.5) is 0 Å². The number of nitrogens with zero attached hydrogens (tertiary/aromatic N) is 2. The van der Waals surface area contributed by atoms with Crippen LogP contribution in [0.3, 0.4) is 0 Å². The Balaban J connectivity index is 2.30. The molecule has 0 aliphatic rings. The number of carbonyl (C=O) groups excluding carboxylic acids is 1. The molecule has 0 fully saturated rings. The Labute approximate surface area is 88.4 Å². The van der Waals surface area contributed by atoms with Gasteiger partial charge in [0.1, 0.15) is 6.61 Å². The third-order valence-corrected chi connectivity index (χ3v) is 1.88. The summed E-state index contributed by atoms with van der Waals surface area (Å²) in [6.45, 7) is 1.85. The number of primary amides is 1. The molecule has 0 aliphatic carbocycles. The number of aromatic nitrogens is 2. The van der Waals surface area contributed by atoms with E-state index in [0.29, 0.717) is 13.2 Å². The van der Waals surface area contributed by atoms with Gasteiger partial charge in [-0.1, -0.05) is 0 Å². The summed E-state index contributed by atoms with van der Waals surface area (Å²) in [5, 5.41) is 3.04.